The normalized spacial score (nSPS) is 21.1. The summed E-state index contributed by atoms with van der Waals surface area (Å²) in [5, 5.41) is 3.21. The average Bonchev–Trinajstić information content (AvgIpc) is 2.78. The number of rotatable bonds is 5. The van der Waals surface area contributed by atoms with E-state index in [4.69, 9.17) is 4.74 Å². The van der Waals surface area contributed by atoms with E-state index in [1.165, 1.54) is 0 Å². The van der Waals surface area contributed by atoms with Gasteiger partial charge in [-0.15, -0.1) is 0 Å². The molecule has 1 rings (SSSR count). The fourth-order valence-corrected chi connectivity index (χ4v) is 2.56. The van der Waals surface area contributed by atoms with E-state index in [2.05, 4.69) is 39.9 Å². The summed E-state index contributed by atoms with van der Waals surface area (Å²) in [5.41, 5.74) is 0.0806. The molecule has 0 unspecified atom stereocenters. The van der Waals surface area contributed by atoms with Crippen LogP contribution in [0.15, 0.2) is 0 Å². The van der Waals surface area contributed by atoms with Gasteiger partial charge in [0.25, 0.3) is 0 Å². The zero-order valence-electron chi connectivity index (χ0n) is 14.0. The van der Waals surface area contributed by atoms with Crippen LogP contribution in [0.4, 0.5) is 4.79 Å². The van der Waals surface area contributed by atoms with E-state index in [0.29, 0.717) is 11.8 Å². The predicted molar refractivity (Wildman–Crippen MR) is 82.8 cm³/mol. The molecule has 4 nitrogen and oxygen atoms in total. The third-order valence-electron chi connectivity index (χ3n) is 3.95. The lowest BCUT2D eigenvalue weighted by atomic mass is 9.82. The van der Waals surface area contributed by atoms with Crippen LogP contribution in [0, 0.1) is 17.3 Å². The van der Waals surface area contributed by atoms with Gasteiger partial charge in [-0.1, -0.05) is 34.6 Å². The van der Waals surface area contributed by atoms with Gasteiger partial charge in [-0.2, -0.15) is 0 Å². The van der Waals surface area contributed by atoms with Gasteiger partial charge >= 0.3 is 6.03 Å². The molecule has 1 fully saturated rings. The molecule has 1 saturated heterocycles. The lowest BCUT2D eigenvalue weighted by Crippen LogP contribution is -2.50. The van der Waals surface area contributed by atoms with E-state index in [1.807, 2.05) is 7.05 Å². The van der Waals surface area contributed by atoms with Crippen molar-refractivity contribution in [3.05, 3.63) is 0 Å². The summed E-state index contributed by atoms with van der Waals surface area (Å²) in [5.74, 6) is 1.07. The van der Waals surface area contributed by atoms with Crippen molar-refractivity contribution in [2.45, 2.75) is 53.5 Å². The summed E-state index contributed by atoms with van der Waals surface area (Å²) in [6, 6.07) is 0.245. The van der Waals surface area contributed by atoms with Crippen LogP contribution in [0.1, 0.15) is 47.5 Å². The molecule has 1 aliphatic heterocycles. The topological polar surface area (TPSA) is 41.6 Å². The number of hydrogen-bond donors (Lipinski definition) is 1. The van der Waals surface area contributed by atoms with Gasteiger partial charge in [0.1, 0.15) is 0 Å². The van der Waals surface area contributed by atoms with Crippen LogP contribution in [0.3, 0.4) is 0 Å². The number of carbonyl (C=O) groups excluding carboxylic acids is 1. The Morgan fingerprint density at radius 1 is 1.40 bits per heavy atom. The van der Waals surface area contributed by atoms with Gasteiger partial charge in [0, 0.05) is 32.2 Å². The van der Waals surface area contributed by atoms with Crippen molar-refractivity contribution < 1.29 is 9.53 Å². The summed E-state index contributed by atoms with van der Waals surface area (Å²) < 4.78 is 5.37. The number of hydrogen-bond acceptors (Lipinski definition) is 2. The second kappa shape index (κ2) is 7.30. The molecule has 1 aliphatic rings. The van der Waals surface area contributed by atoms with Crippen molar-refractivity contribution in [2.24, 2.45) is 17.3 Å². The molecule has 0 aromatic carbocycles. The maximum atomic E-state index is 12.3. The Labute approximate surface area is 124 Å². The third kappa shape index (κ3) is 5.70. The molecule has 0 saturated carbocycles. The Balaban J connectivity index is 2.51. The van der Waals surface area contributed by atoms with Gasteiger partial charge in [-0.3, -0.25) is 0 Å². The van der Waals surface area contributed by atoms with Crippen LogP contribution in [0.25, 0.3) is 0 Å². The number of carbonyl (C=O) groups is 1. The maximum absolute atomic E-state index is 12.3. The highest BCUT2D eigenvalue weighted by Gasteiger charge is 2.28. The van der Waals surface area contributed by atoms with Crippen molar-refractivity contribution in [1.29, 1.82) is 0 Å². The summed E-state index contributed by atoms with van der Waals surface area (Å²) >= 11 is 0. The summed E-state index contributed by atoms with van der Waals surface area (Å²) in [6.45, 7) is 13.4. The lowest BCUT2D eigenvalue weighted by Gasteiger charge is -2.34. The molecule has 20 heavy (non-hydrogen) atoms. The van der Waals surface area contributed by atoms with Crippen molar-refractivity contribution in [2.75, 3.05) is 26.8 Å². The quantitative estimate of drug-likeness (QED) is 0.842. The van der Waals surface area contributed by atoms with Crippen LogP contribution < -0.4 is 5.32 Å². The van der Waals surface area contributed by atoms with E-state index in [9.17, 15) is 4.79 Å². The highest BCUT2D eigenvalue weighted by atomic mass is 16.5. The average molecular weight is 284 g/mol. The number of nitrogens with zero attached hydrogens (tertiary/aromatic N) is 1. The molecule has 1 N–H and O–H groups in total. The molecule has 118 valence electrons. The van der Waals surface area contributed by atoms with Crippen LogP contribution >= 0.6 is 0 Å². The molecular formula is C16H32N2O2. The Kier molecular flexibility index (Phi) is 6.31. The Morgan fingerprint density at radius 2 is 2.05 bits per heavy atom. The van der Waals surface area contributed by atoms with E-state index in [-0.39, 0.29) is 17.5 Å². The predicted octanol–water partition coefficient (Wildman–Crippen LogP) is 3.13. The molecule has 2 amide bonds. The minimum absolute atomic E-state index is 0.0393. The minimum Gasteiger partial charge on any atom is -0.381 e. The zero-order valence-corrected chi connectivity index (χ0v) is 14.0. The highest BCUT2D eigenvalue weighted by Crippen LogP contribution is 2.25. The van der Waals surface area contributed by atoms with Gasteiger partial charge in [-0.25, -0.2) is 4.79 Å². The molecular weight excluding hydrogens is 252 g/mol. The first-order valence-electron chi connectivity index (χ1n) is 7.79. The fourth-order valence-electron chi connectivity index (χ4n) is 2.56. The summed E-state index contributed by atoms with van der Waals surface area (Å²) in [6.07, 6.45) is 2.07. The zero-order chi connectivity index (χ0) is 15.3. The molecule has 0 aromatic rings. The Morgan fingerprint density at radius 3 is 2.50 bits per heavy atom. The first-order chi connectivity index (χ1) is 9.20. The number of urea groups is 1. The number of nitrogens with one attached hydrogen (secondary N) is 1. The van der Waals surface area contributed by atoms with Gasteiger partial charge in [0.2, 0.25) is 0 Å². The second-order valence-corrected chi connectivity index (χ2v) is 7.61. The van der Waals surface area contributed by atoms with Crippen molar-refractivity contribution in [1.82, 2.24) is 10.2 Å². The number of ether oxygens (including phenoxy) is 1. The first-order valence-corrected chi connectivity index (χ1v) is 7.79. The van der Waals surface area contributed by atoms with Crippen LogP contribution in [0.5, 0.6) is 0 Å². The molecule has 0 aliphatic carbocycles. The van der Waals surface area contributed by atoms with E-state index >= 15 is 0 Å². The Bertz CT molecular complexity index is 304. The van der Waals surface area contributed by atoms with Gasteiger partial charge in [0.05, 0.1) is 6.61 Å². The maximum Gasteiger partial charge on any atom is 0.317 e. The lowest BCUT2D eigenvalue weighted by molar-refractivity contribution is 0.162. The van der Waals surface area contributed by atoms with Gasteiger partial charge in [-0.05, 0) is 24.2 Å². The SMILES string of the molecule is CC(C)C[C@H](NC(=O)N(C)C[C@H]1CCOC1)C(C)(C)C. The molecule has 4 heteroatoms. The first kappa shape index (κ1) is 17.3. The highest BCUT2D eigenvalue weighted by molar-refractivity contribution is 5.74. The summed E-state index contributed by atoms with van der Waals surface area (Å²) in [4.78, 5) is 14.1. The molecule has 0 aromatic heterocycles. The molecule has 2 atom stereocenters. The molecule has 0 bridgehead atoms. The molecule has 0 radical (unpaired) electrons. The van der Waals surface area contributed by atoms with Gasteiger partial charge in [0.15, 0.2) is 0 Å². The smallest absolute Gasteiger partial charge is 0.317 e. The monoisotopic (exact) mass is 284 g/mol. The van der Waals surface area contributed by atoms with Crippen LogP contribution in [0.2, 0.25) is 0 Å². The standard InChI is InChI=1S/C16H32N2O2/c1-12(2)9-14(16(3,4)5)17-15(19)18(6)10-13-7-8-20-11-13/h12-14H,7-11H2,1-6H3,(H,17,19)/t13-,14+/m1/s1. The van der Waals surface area contributed by atoms with E-state index in [0.717, 1.165) is 32.6 Å². The summed E-state index contributed by atoms with van der Waals surface area (Å²) in [7, 11) is 1.88. The van der Waals surface area contributed by atoms with Crippen LogP contribution in [-0.2, 0) is 4.74 Å². The number of amides is 2. The Hall–Kier alpha value is -0.770. The van der Waals surface area contributed by atoms with E-state index < -0.39 is 0 Å². The van der Waals surface area contributed by atoms with Crippen LogP contribution in [-0.4, -0.2) is 43.8 Å². The minimum atomic E-state index is 0.0393. The van der Waals surface area contributed by atoms with E-state index in [1.54, 1.807) is 4.90 Å². The molecule has 1 heterocycles. The van der Waals surface area contributed by atoms with Crippen molar-refractivity contribution in [3.63, 3.8) is 0 Å². The third-order valence-corrected chi connectivity index (χ3v) is 3.95. The second-order valence-electron chi connectivity index (χ2n) is 7.61. The fraction of sp³-hybridized carbons (Fsp3) is 0.938. The van der Waals surface area contributed by atoms with Crippen molar-refractivity contribution in [3.8, 4) is 0 Å². The van der Waals surface area contributed by atoms with Gasteiger partial charge < -0.3 is 15.0 Å². The molecule has 0 spiro atoms. The largest absolute Gasteiger partial charge is 0.381 e. The van der Waals surface area contributed by atoms with Crippen molar-refractivity contribution >= 4 is 6.03 Å².